The van der Waals surface area contributed by atoms with Crippen molar-refractivity contribution in [1.29, 1.82) is 0 Å². The third kappa shape index (κ3) is 3.97. The number of furan rings is 1. The summed E-state index contributed by atoms with van der Waals surface area (Å²) in [6.07, 6.45) is 3.11. The Bertz CT molecular complexity index is 678. The second-order valence-electron chi connectivity index (χ2n) is 4.95. The predicted octanol–water partition coefficient (Wildman–Crippen LogP) is 2.78. The molecule has 2 N–H and O–H groups in total. The summed E-state index contributed by atoms with van der Waals surface area (Å²) in [5.41, 5.74) is 1.71. The van der Waals surface area contributed by atoms with Crippen LogP contribution in [-0.4, -0.2) is 30.5 Å². The van der Waals surface area contributed by atoms with E-state index in [1.165, 1.54) is 16.9 Å². The van der Waals surface area contributed by atoms with E-state index in [-0.39, 0.29) is 18.3 Å². The second-order valence-corrected chi connectivity index (χ2v) is 5.81. The number of halogens is 1. The quantitative estimate of drug-likeness (QED) is 0.840. The Kier molecular flexibility index (Phi) is 5.76. The molecule has 0 unspecified atom stereocenters. The molecule has 22 heavy (non-hydrogen) atoms. The molecule has 7 heteroatoms. The zero-order chi connectivity index (χ0) is 14.7. The molecule has 3 rings (SSSR count). The first-order valence-corrected chi connectivity index (χ1v) is 7.79. The zero-order valence-corrected chi connectivity index (χ0v) is 13.9. The molecule has 0 saturated carbocycles. The second kappa shape index (κ2) is 7.58. The molecule has 0 saturated heterocycles. The van der Waals surface area contributed by atoms with E-state index in [9.17, 15) is 4.79 Å². The van der Waals surface area contributed by atoms with Crippen LogP contribution >= 0.6 is 23.7 Å². The van der Waals surface area contributed by atoms with Crippen LogP contribution in [0.5, 0.6) is 0 Å². The van der Waals surface area contributed by atoms with Crippen molar-refractivity contribution in [3.63, 3.8) is 0 Å². The van der Waals surface area contributed by atoms with E-state index in [4.69, 9.17) is 4.42 Å². The number of hydrogen-bond acceptors (Lipinski definition) is 5. The van der Waals surface area contributed by atoms with Crippen LogP contribution in [0.3, 0.4) is 0 Å². The molecule has 0 aromatic carbocycles. The van der Waals surface area contributed by atoms with Crippen LogP contribution in [-0.2, 0) is 0 Å². The van der Waals surface area contributed by atoms with Gasteiger partial charge in [0.1, 0.15) is 11.5 Å². The third-order valence-corrected chi connectivity index (χ3v) is 4.18. The monoisotopic (exact) mass is 339 g/mol. The summed E-state index contributed by atoms with van der Waals surface area (Å²) in [6, 6.07) is 3.76. The van der Waals surface area contributed by atoms with E-state index in [2.05, 4.69) is 21.7 Å². The highest BCUT2D eigenvalue weighted by atomic mass is 35.5. The molecule has 0 radical (unpaired) electrons. The number of thiazole rings is 1. The number of amides is 1. The van der Waals surface area contributed by atoms with Gasteiger partial charge in [-0.3, -0.25) is 4.79 Å². The van der Waals surface area contributed by atoms with Crippen molar-refractivity contribution in [3.05, 3.63) is 40.6 Å². The molecule has 2 aromatic rings. The fraction of sp³-hybridized carbons (Fsp3) is 0.333. The van der Waals surface area contributed by atoms with Crippen molar-refractivity contribution in [2.45, 2.75) is 13.3 Å². The van der Waals surface area contributed by atoms with E-state index in [1.807, 2.05) is 19.1 Å². The van der Waals surface area contributed by atoms with Crippen molar-refractivity contribution in [2.75, 3.05) is 19.6 Å². The number of carbonyl (C=O) groups excluding carboxylic acids is 1. The average molecular weight is 340 g/mol. The van der Waals surface area contributed by atoms with Gasteiger partial charge in [-0.2, -0.15) is 0 Å². The fourth-order valence-electron chi connectivity index (χ4n) is 2.16. The van der Waals surface area contributed by atoms with Crippen molar-refractivity contribution in [1.82, 2.24) is 15.6 Å². The van der Waals surface area contributed by atoms with E-state index >= 15 is 0 Å². The molecular weight excluding hydrogens is 322 g/mol. The lowest BCUT2D eigenvalue weighted by molar-refractivity contribution is 0.0952. The highest BCUT2D eigenvalue weighted by Gasteiger charge is 2.14. The van der Waals surface area contributed by atoms with Gasteiger partial charge < -0.3 is 15.1 Å². The summed E-state index contributed by atoms with van der Waals surface area (Å²) in [7, 11) is 0. The minimum Gasteiger partial charge on any atom is -0.459 e. The SMILES string of the molecule is Cc1ccc(-c2nc(C(=O)NCC3=CCNCC3)cs2)o1.Cl. The predicted molar refractivity (Wildman–Crippen MR) is 89.7 cm³/mol. The molecule has 1 aliphatic heterocycles. The van der Waals surface area contributed by atoms with Gasteiger partial charge in [0, 0.05) is 18.5 Å². The summed E-state index contributed by atoms with van der Waals surface area (Å²) in [6.45, 7) is 4.33. The van der Waals surface area contributed by atoms with Crippen LogP contribution in [0.1, 0.15) is 22.7 Å². The molecule has 5 nitrogen and oxygen atoms in total. The lowest BCUT2D eigenvalue weighted by Crippen LogP contribution is -2.29. The highest BCUT2D eigenvalue weighted by molar-refractivity contribution is 7.13. The third-order valence-electron chi connectivity index (χ3n) is 3.32. The van der Waals surface area contributed by atoms with Crippen LogP contribution in [0.15, 0.2) is 33.6 Å². The fourth-order valence-corrected chi connectivity index (χ4v) is 2.92. The van der Waals surface area contributed by atoms with Gasteiger partial charge >= 0.3 is 0 Å². The van der Waals surface area contributed by atoms with Gasteiger partial charge in [0.05, 0.1) is 0 Å². The molecule has 2 aromatic heterocycles. The number of hydrogen-bond donors (Lipinski definition) is 2. The van der Waals surface area contributed by atoms with Crippen LogP contribution in [0.2, 0.25) is 0 Å². The molecule has 1 aliphatic rings. The number of aromatic nitrogens is 1. The minimum absolute atomic E-state index is 0. The number of nitrogens with one attached hydrogen (secondary N) is 2. The van der Waals surface area contributed by atoms with Gasteiger partial charge in [-0.15, -0.1) is 23.7 Å². The zero-order valence-electron chi connectivity index (χ0n) is 12.2. The van der Waals surface area contributed by atoms with Gasteiger partial charge in [-0.05, 0) is 32.0 Å². The van der Waals surface area contributed by atoms with Crippen molar-refractivity contribution < 1.29 is 9.21 Å². The number of aryl methyl sites for hydroxylation is 1. The summed E-state index contributed by atoms with van der Waals surface area (Å²) in [5, 5.41) is 8.66. The first kappa shape index (κ1) is 16.7. The maximum Gasteiger partial charge on any atom is 0.271 e. The molecule has 1 amide bonds. The van der Waals surface area contributed by atoms with Crippen LogP contribution in [0, 0.1) is 6.92 Å². The maximum atomic E-state index is 12.1. The van der Waals surface area contributed by atoms with Crippen LogP contribution in [0.4, 0.5) is 0 Å². The van der Waals surface area contributed by atoms with Crippen LogP contribution < -0.4 is 10.6 Å². The van der Waals surface area contributed by atoms with Gasteiger partial charge in [0.15, 0.2) is 10.8 Å². The molecule has 0 bridgehead atoms. The summed E-state index contributed by atoms with van der Waals surface area (Å²) in [5.74, 6) is 1.40. The van der Waals surface area contributed by atoms with Crippen molar-refractivity contribution >= 4 is 29.7 Å². The van der Waals surface area contributed by atoms with Crippen molar-refractivity contribution in [2.24, 2.45) is 0 Å². The molecule has 118 valence electrons. The summed E-state index contributed by atoms with van der Waals surface area (Å²) >= 11 is 1.42. The first-order chi connectivity index (χ1) is 10.2. The topological polar surface area (TPSA) is 67.2 Å². The largest absolute Gasteiger partial charge is 0.459 e. The Morgan fingerprint density at radius 3 is 3.05 bits per heavy atom. The van der Waals surface area contributed by atoms with Gasteiger partial charge in [0.2, 0.25) is 0 Å². The molecule has 0 aliphatic carbocycles. The molecular formula is C15H18ClN3O2S. The molecule has 3 heterocycles. The van der Waals surface area contributed by atoms with Gasteiger partial charge in [0.25, 0.3) is 5.91 Å². The number of nitrogens with zero attached hydrogens (tertiary/aromatic N) is 1. The molecule has 0 atom stereocenters. The highest BCUT2D eigenvalue weighted by Crippen LogP contribution is 2.25. The first-order valence-electron chi connectivity index (χ1n) is 6.91. The maximum absolute atomic E-state index is 12.1. The van der Waals surface area contributed by atoms with Gasteiger partial charge in [-0.1, -0.05) is 11.6 Å². The van der Waals surface area contributed by atoms with E-state index in [1.54, 1.807) is 5.38 Å². The normalized spacial score (nSPS) is 14.1. The summed E-state index contributed by atoms with van der Waals surface area (Å²) in [4.78, 5) is 16.4. The summed E-state index contributed by atoms with van der Waals surface area (Å²) < 4.78 is 5.52. The Balaban J connectivity index is 0.00000176. The lowest BCUT2D eigenvalue weighted by atomic mass is 10.1. The van der Waals surface area contributed by atoms with Crippen molar-refractivity contribution in [3.8, 4) is 10.8 Å². The Morgan fingerprint density at radius 1 is 1.50 bits per heavy atom. The standard InChI is InChI=1S/C15H17N3O2S.ClH/c1-10-2-3-13(20-10)15-18-12(9-21-15)14(19)17-8-11-4-6-16-7-5-11;/h2-4,9,16H,5-8H2,1H3,(H,17,19);1H. The number of rotatable bonds is 4. The Labute approximate surface area is 139 Å². The van der Waals surface area contributed by atoms with E-state index in [0.29, 0.717) is 18.0 Å². The Hall–Kier alpha value is -1.63. The lowest BCUT2D eigenvalue weighted by Gasteiger charge is -2.14. The smallest absolute Gasteiger partial charge is 0.271 e. The van der Waals surface area contributed by atoms with Crippen LogP contribution in [0.25, 0.3) is 10.8 Å². The molecule has 0 fully saturated rings. The van der Waals surface area contributed by atoms with E-state index < -0.39 is 0 Å². The molecule has 0 spiro atoms. The minimum atomic E-state index is -0.139. The average Bonchev–Trinajstić information content (AvgIpc) is 3.14. The van der Waals surface area contributed by atoms with Gasteiger partial charge in [-0.25, -0.2) is 4.98 Å². The van der Waals surface area contributed by atoms with E-state index in [0.717, 1.165) is 30.3 Å². The Morgan fingerprint density at radius 2 is 2.36 bits per heavy atom. The number of carbonyl (C=O) groups is 1.